The van der Waals surface area contributed by atoms with Gasteiger partial charge in [-0.25, -0.2) is 13.9 Å². The minimum Gasteiger partial charge on any atom is -0.315 e. The number of pyridine rings is 2. The Morgan fingerprint density at radius 2 is 1.90 bits per heavy atom. The predicted octanol–water partition coefficient (Wildman–Crippen LogP) is 2.07. The molecule has 0 aliphatic carbocycles. The largest absolute Gasteiger partial charge is 0.315 e. The van der Waals surface area contributed by atoms with E-state index in [4.69, 9.17) is 5.21 Å². The number of sulfone groups is 1. The van der Waals surface area contributed by atoms with Gasteiger partial charge in [-0.15, -0.1) is 0 Å². The molecular weight excluding hydrogens is 406 g/mol. The molecule has 0 aliphatic heterocycles. The van der Waals surface area contributed by atoms with Gasteiger partial charge in [0, 0.05) is 36.6 Å². The Bertz CT molecular complexity index is 1280. The lowest BCUT2D eigenvalue weighted by Crippen LogP contribution is -2.49. The predicted molar refractivity (Wildman–Crippen MR) is 114 cm³/mol. The Labute approximate surface area is 174 Å². The van der Waals surface area contributed by atoms with Crippen LogP contribution in [-0.4, -0.2) is 40.1 Å². The van der Waals surface area contributed by atoms with Gasteiger partial charge >= 0.3 is 0 Å². The van der Waals surface area contributed by atoms with Crippen molar-refractivity contribution < 1.29 is 18.4 Å². The molecule has 0 fully saturated rings. The van der Waals surface area contributed by atoms with Gasteiger partial charge < -0.3 is 4.57 Å². The van der Waals surface area contributed by atoms with Gasteiger partial charge in [0.15, 0.2) is 14.6 Å². The minimum absolute atomic E-state index is 0.00304. The normalized spacial score (nSPS) is 13.7. The van der Waals surface area contributed by atoms with E-state index in [1.165, 1.54) is 23.0 Å². The van der Waals surface area contributed by atoms with Gasteiger partial charge in [-0.05, 0) is 61.2 Å². The Hall–Kier alpha value is -3.04. The first-order valence-electron chi connectivity index (χ1n) is 9.26. The summed E-state index contributed by atoms with van der Waals surface area (Å²) in [7, 11) is -3.83. The summed E-state index contributed by atoms with van der Waals surface area (Å²) in [5.74, 6) is -1.03. The molecule has 2 heterocycles. The van der Waals surface area contributed by atoms with Crippen LogP contribution in [0.15, 0.2) is 53.6 Å². The molecule has 0 aliphatic rings. The van der Waals surface area contributed by atoms with E-state index in [1.54, 1.807) is 18.5 Å². The van der Waals surface area contributed by atoms with Crippen molar-refractivity contribution in [3.63, 3.8) is 0 Å². The van der Waals surface area contributed by atoms with Crippen LogP contribution >= 0.6 is 0 Å². The molecule has 8 nitrogen and oxygen atoms in total. The number of nitrogens with zero attached hydrogens (tertiary/aromatic N) is 2. The van der Waals surface area contributed by atoms with Gasteiger partial charge in [0.25, 0.3) is 11.5 Å². The second kappa shape index (κ2) is 8.00. The summed E-state index contributed by atoms with van der Waals surface area (Å²) in [6.07, 6.45) is 4.11. The Balaban J connectivity index is 1.89. The SMILES string of the molecule is Cc1cnc2ccc(-c3ccn(CCC(C)(C(=O)NO)S(C)(=O)=O)c(=O)c3)cc2c1. The number of carbonyl (C=O) groups is 1. The van der Waals surface area contributed by atoms with Crippen molar-refractivity contribution in [2.24, 2.45) is 0 Å². The number of rotatable bonds is 6. The number of fused-ring (bicyclic) bond motifs is 1. The maximum absolute atomic E-state index is 12.6. The van der Waals surface area contributed by atoms with Crippen molar-refractivity contribution >= 4 is 26.6 Å². The number of carbonyl (C=O) groups excluding carboxylic acids is 1. The van der Waals surface area contributed by atoms with E-state index in [2.05, 4.69) is 4.98 Å². The summed E-state index contributed by atoms with van der Waals surface area (Å²) < 4.78 is 23.6. The Morgan fingerprint density at radius 1 is 1.20 bits per heavy atom. The van der Waals surface area contributed by atoms with Crippen LogP contribution in [0.2, 0.25) is 0 Å². The van der Waals surface area contributed by atoms with E-state index in [9.17, 15) is 18.0 Å². The van der Waals surface area contributed by atoms with Gasteiger partial charge in [-0.1, -0.05) is 6.07 Å². The molecule has 1 aromatic carbocycles. The van der Waals surface area contributed by atoms with Crippen LogP contribution in [-0.2, 0) is 21.2 Å². The highest BCUT2D eigenvalue weighted by molar-refractivity contribution is 7.92. The zero-order chi connectivity index (χ0) is 22.1. The lowest BCUT2D eigenvalue weighted by Gasteiger charge is -2.25. The fourth-order valence-corrected chi connectivity index (χ4v) is 4.06. The first-order chi connectivity index (χ1) is 14.0. The van der Waals surface area contributed by atoms with Crippen molar-refractivity contribution in [2.75, 3.05) is 6.26 Å². The summed E-state index contributed by atoms with van der Waals surface area (Å²) in [6, 6.07) is 11.0. The lowest BCUT2D eigenvalue weighted by molar-refractivity contribution is -0.131. The molecule has 2 aromatic heterocycles. The molecule has 3 rings (SSSR count). The van der Waals surface area contributed by atoms with Crippen LogP contribution < -0.4 is 11.0 Å². The van der Waals surface area contributed by atoms with E-state index < -0.39 is 20.5 Å². The Kier molecular flexibility index (Phi) is 5.78. The minimum atomic E-state index is -3.83. The maximum Gasteiger partial charge on any atom is 0.264 e. The molecule has 0 radical (unpaired) electrons. The van der Waals surface area contributed by atoms with E-state index in [1.807, 2.05) is 31.2 Å². The van der Waals surface area contributed by atoms with Gasteiger partial charge in [0.2, 0.25) is 0 Å². The summed E-state index contributed by atoms with van der Waals surface area (Å²) in [5, 5.41) is 9.87. The van der Waals surface area contributed by atoms with Crippen molar-refractivity contribution in [1.82, 2.24) is 15.0 Å². The summed E-state index contributed by atoms with van der Waals surface area (Å²) in [6.45, 7) is 3.18. The first kappa shape index (κ1) is 21.7. The molecule has 158 valence electrons. The third-order valence-corrected chi connectivity index (χ3v) is 7.40. The number of hydrogen-bond donors (Lipinski definition) is 2. The van der Waals surface area contributed by atoms with Crippen molar-refractivity contribution in [2.45, 2.75) is 31.6 Å². The van der Waals surface area contributed by atoms with Crippen molar-refractivity contribution in [3.8, 4) is 11.1 Å². The van der Waals surface area contributed by atoms with Crippen LogP contribution in [0.25, 0.3) is 22.0 Å². The second-order valence-corrected chi connectivity index (χ2v) is 10.0. The van der Waals surface area contributed by atoms with Crippen LogP contribution in [0.1, 0.15) is 18.9 Å². The fourth-order valence-electron chi connectivity index (χ4n) is 3.21. The standard InChI is InChI=1S/C21H23N3O5S/c1-14-10-17-11-15(4-5-18(17)22-13-14)16-6-8-24(19(25)12-16)9-7-21(2,20(26)23-27)30(3,28)29/h4-6,8,10-13,27H,7,9H2,1-3H3,(H,23,26). The highest BCUT2D eigenvalue weighted by atomic mass is 32.2. The monoisotopic (exact) mass is 429 g/mol. The molecule has 0 spiro atoms. The van der Waals surface area contributed by atoms with E-state index in [0.29, 0.717) is 0 Å². The zero-order valence-corrected chi connectivity index (χ0v) is 17.7. The lowest BCUT2D eigenvalue weighted by atomic mass is 10.0. The van der Waals surface area contributed by atoms with Gasteiger partial charge in [0.05, 0.1) is 5.52 Å². The average molecular weight is 429 g/mol. The molecular formula is C21H23N3O5S. The van der Waals surface area contributed by atoms with Crippen LogP contribution in [0, 0.1) is 6.92 Å². The topological polar surface area (TPSA) is 118 Å². The van der Waals surface area contributed by atoms with E-state index in [-0.39, 0.29) is 18.5 Å². The number of hydroxylamine groups is 1. The van der Waals surface area contributed by atoms with Crippen LogP contribution in [0.4, 0.5) is 0 Å². The number of benzene rings is 1. The highest BCUT2D eigenvalue weighted by Gasteiger charge is 2.43. The smallest absolute Gasteiger partial charge is 0.264 e. The highest BCUT2D eigenvalue weighted by Crippen LogP contribution is 2.24. The molecule has 30 heavy (non-hydrogen) atoms. The molecule has 2 N–H and O–H groups in total. The zero-order valence-electron chi connectivity index (χ0n) is 16.9. The van der Waals surface area contributed by atoms with Gasteiger partial charge in [-0.2, -0.15) is 0 Å². The summed E-state index contributed by atoms with van der Waals surface area (Å²) >= 11 is 0. The number of nitrogens with one attached hydrogen (secondary N) is 1. The number of amides is 1. The van der Waals surface area contributed by atoms with Crippen LogP contribution in [0.3, 0.4) is 0 Å². The molecule has 0 saturated heterocycles. The summed E-state index contributed by atoms with van der Waals surface area (Å²) in [4.78, 5) is 28.9. The van der Waals surface area contributed by atoms with Gasteiger partial charge in [-0.3, -0.25) is 19.8 Å². The van der Waals surface area contributed by atoms with Gasteiger partial charge in [0.1, 0.15) is 0 Å². The Morgan fingerprint density at radius 3 is 2.53 bits per heavy atom. The molecule has 0 saturated carbocycles. The molecule has 0 bridgehead atoms. The second-order valence-electron chi connectivity index (χ2n) is 7.56. The first-order valence-corrected chi connectivity index (χ1v) is 11.2. The number of aromatic nitrogens is 2. The third-order valence-electron chi connectivity index (χ3n) is 5.38. The van der Waals surface area contributed by atoms with Crippen molar-refractivity contribution in [1.29, 1.82) is 0 Å². The average Bonchev–Trinajstić information content (AvgIpc) is 2.70. The quantitative estimate of drug-likeness (QED) is 0.457. The molecule has 1 atom stereocenters. The fraction of sp³-hybridized carbons (Fsp3) is 0.286. The number of hydrogen-bond acceptors (Lipinski definition) is 6. The number of aryl methyl sites for hydroxylation is 2. The molecule has 1 amide bonds. The van der Waals surface area contributed by atoms with Crippen molar-refractivity contribution in [3.05, 3.63) is 64.7 Å². The maximum atomic E-state index is 12.6. The van der Waals surface area contributed by atoms with E-state index >= 15 is 0 Å². The van der Waals surface area contributed by atoms with Crippen LogP contribution in [0.5, 0.6) is 0 Å². The molecule has 9 heteroatoms. The molecule has 1 unspecified atom stereocenters. The third kappa shape index (κ3) is 4.12. The summed E-state index contributed by atoms with van der Waals surface area (Å²) in [5.41, 5.74) is 4.56. The molecule has 3 aromatic rings. The van der Waals surface area contributed by atoms with E-state index in [0.717, 1.165) is 33.8 Å².